The van der Waals surface area contributed by atoms with E-state index in [1.54, 1.807) is 22.7 Å². The lowest BCUT2D eigenvalue weighted by atomic mass is 10.3. The van der Waals surface area contributed by atoms with E-state index in [0.717, 1.165) is 29.8 Å². The number of nitrogens with zero attached hydrogens (tertiary/aromatic N) is 3. The first-order chi connectivity index (χ1) is 8.67. The van der Waals surface area contributed by atoms with Gasteiger partial charge in [0, 0.05) is 13.1 Å². The molecule has 0 spiro atoms. The molecular formula is C11H15BrN4S2. The van der Waals surface area contributed by atoms with Crippen LogP contribution >= 0.6 is 38.6 Å². The van der Waals surface area contributed by atoms with E-state index in [4.69, 9.17) is 0 Å². The lowest BCUT2D eigenvalue weighted by Gasteiger charge is -2.13. The van der Waals surface area contributed by atoms with Crippen molar-refractivity contribution in [3.8, 4) is 0 Å². The first kappa shape index (κ1) is 13.9. The van der Waals surface area contributed by atoms with Crippen molar-refractivity contribution in [2.75, 3.05) is 18.9 Å². The molecule has 2 aromatic rings. The molecule has 0 unspecified atom stereocenters. The molecule has 0 saturated heterocycles. The maximum Gasteiger partial charge on any atom is 0.205 e. The highest BCUT2D eigenvalue weighted by atomic mass is 79.9. The molecule has 7 heteroatoms. The molecule has 0 aliphatic carbocycles. The number of thiophene rings is 1. The fourth-order valence-electron chi connectivity index (χ4n) is 1.57. The smallest absolute Gasteiger partial charge is 0.205 e. The number of nitrogens with one attached hydrogen (secondary N) is 1. The number of aromatic nitrogens is 2. The maximum absolute atomic E-state index is 4.18. The summed E-state index contributed by atoms with van der Waals surface area (Å²) in [7, 11) is 2.10. The Bertz CT molecular complexity index is 497. The molecule has 2 heterocycles. The van der Waals surface area contributed by atoms with Gasteiger partial charge in [-0.25, -0.2) is 0 Å². The van der Waals surface area contributed by atoms with Crippen LogP contribution in [0.2, 0.25) is 0 Å². The van der Waals surface area contributed by atoms with E-state index in [9.17, 15) is 0 Å². The average molecular weight is 347 g/mol. The van der Waals surface area contributed by atoms with Crippen molar-refractivity contribution in [3.05, 3.63) is 25.8 Å². The summed E-state index contributed by atoms with van der Waals surface area (Å²) in [5.41, 5.74) is 1.32. The van der Waals surface area contributed by atoms with Crippen LogP contribution in [0.3, 0.4) is 0 Å². The van der Waals surface area contributed by atoms with Gasteiger partial charge in [-0.2, -0.15) is 0 Å². The van der Waals surface area contributed by atoms with Crippen LogP contribution in [0, 0.1) is 0 Å². The Morgan fingerprint density at radius 3 is 2.89 bits per heavy atom. The van der Waals surface area contributed by atoms with Crippen LogP contribution in [0.4, 0.5) is 5.13 Å². The summed E-state index contributed by atoms with van der Waals surface area (Å²) in [6.07, 6.45) is 0. The van der Waals surface area contributed by atoms with Gasteiger partial charge in [0.15, 0.2) is 0 Å². The Morgan fingerprint density at radius 1 is 1.39 bits per heavy atom. The van der Waals surface area contributed by atoms with Crippen molar-refractivity contribution in [2.45, 2.75) is 20.0 Å². The molecule has 0 radical (unpaired) electrons. The number of halogens is 1. The molecule has 0 bridgehead atoms. The summed E-state index contributed by atoms with van der Waals surface area (Å²) >= 11 is 6.82. The Labute approximate surface area is 123 Å². The molecule has 0 aromatic carbocycles. The molecule has 0 atom stereocenters. The van der Waals surface area contributed by atoms with Gasteiger partial charge in [0.05, 0.1) is 10.3 Å². The summed E-state index contributed by atoms with van der Waals surface area (Å²) in [5.74, 6) is 0. The van der Waals surface area contributed by atoms with E-state index in [0.29, 0.717) is 0 Å². The number of hydrogen-bond donors (Lipinski definition) is 1. The predicted octanol–water partition coefficient (Wildman–Crippen LogP) is 3.43. The van der Waals surface area contributed by atoms with Gasteiger partial charge in [-0.3, -0.25) is 4.90 Å². The minimum Gasteiger partial charge on any atom is -0.360 e. The summed E-state index contributed by atoms with van der Waals surface area (Å²) < 4.78 is 1.18. The quantitative estimate of drug-likeness (QED) is 0.869. The highest BCUT2D eigenvalue weighted by Gasteiger charge is 2.08. The molecule has 0 saturated carbocycles. The summed E-state index contributed by atoms with van der Waals surface area (Å²) in [4.78, 5) is 2.24. The van der Waals surface area contributed by atoms with Gasteiger partial charge in [-0.15, -0.1) is 21.5 Å². The minimum atomic E-state index is 0.830. The third-order valence-electron chi connectivity index (χ3n) is 2.27. The minimum absolute atomic E-state index is 0.830. The monoisotopic (exact) mass is 346 g/mol. The zero-order chi connectivity index (χ0) is 13.0. The summed E-state index contributed by atoms with van der Waals surface area (Å²) in [6.45, 7) is 4.70. The molecule has 18 heavy (non-hydrogen) atoms. The molecule has 0 aliphatic heterocycles. The van der Waals surface area contributed by atoms with Crippen molar-refractivity contribution in [3.63, 3.8) is 0 Å². The largest absolute Gasteiger partial charge is 0.360 e. The zero-order valence-electron chi connectivity index (χ0n) is 10.3. The van der Waals surface area contributed by atoms with Gasteiger partial charge in [0.2, 0.25) is 5.13 Å². The Hall–Kier alpha value is -0.500. The first-order valence-corrected chi connectivity index (χ1v) is 8.14. The Balaban J connectivity index is 1.88. The molecule has 98 valence electrons. The average Bonchev–Trinajstić information content (AvgIpc) is 2.89. The highest BCUT2D eigenvalue weighted by Crippen LogP contribution is 2.22. The van der Waals surface area contributed by atoms with Gasteiger partial charge in [-0.05, 0) is 46.9 Å². The molecular weight excluding hydrogens is 332 g/mol. The number of rotatable bonds is 6. The zero-order valence-corrected chi connectivity index (χ0v) is 13.5. The number of anilines is 1. The highest BCUT2D eigenvalue weighted by molar-refractivity contribution is 9.11. The van der Waals surface area contributed by atoms with Crippen molar-refractivity contribution >= 4 is 43.7 Å². The van der Waals surface area contributed by atoms with E-state index in [1.807, 2.05) is 0 Å². The third kappa shape index (κ3) is 4.01. The summed E-state index contributed by atoms with van der Waals surface area (Å²) in [6, 6.07) is 2.16. The molecule has 4 nitrogen and oxygen atoms in total. The van der Waals surface area contributed by atoms with Crippen LogP contribution < -0.4 is 5.32 Å². The van der Waals surface area contributed by atoms with Crippen molar-refractivity contribution in [1.29, 1.82) is 0 Å². The molecule has 1 N–H and O–H groups in total. The van der Waals surface area contributed by atoms with Crippen LogP contribution in [-0.2, 0) is 13.1 Å². The van der Waals surface area contributed by atoms with Crippen molar-refractivity contribution in [1.82, 2.24) is 15.1 Å². The second-order valence-electron chi connectivity index (χ2n) is 3.96. The number of hydrogen-bond acceptors (Lipinski definition) is 6. The van der Waals surface area contributed by atoms with Crippen LogP contribution in [-0.4, -0.2) is 28.7 Å². The van der Waals surface area contributed by atoms with E-state index in [2.05, 4.69) is 61.8 Å². The topological polar surface area (TPSA) is 41.1 Å². The SMILES string of the molecule is CCNc1nnc(CN(C)Cc2csc(Br)c2)s1. The first-order valence-electron chi connectivity index (χ1n) is 5.65. The van der Waals surface area contributed by atoms with E-state index in [-0.39, 0.29) is 0 Å². The Kier molecular flexibility index (Phi) is 5.11. The second kappa shape index (κ2) is 6.60. The van der Waals surface area contributed by atoms with E-state index >= 15 is 0 Å². The van der Waals surface area contributed by atoms with E-state index in [1.165, 1.54) is 9.35 Å². The van der Waals surface area contributed by atoms with Crippen molar-refractivity contribution in [2.24, 2.45) is 0 Å². The Morgan fingerprint density at radius 2 is 2.22 bits per heavy atom. The lowest BCUT2D eigenvalue weighted by molar-refractivity contribution is 0.318. The normalized spacial score (nSPS) is 11.1. The van der Waals surface area contributed by atoms with Crippen LogP contribution in [0.1, 0.15) is 17.5 Å². The summed E-state index contributed by atoms with van der Waals surface area (Å²) in [5, 5.41) is 15.6. The van der Waals surface area contributed by atoms with Gasteiger partial charge < -0.3 is 5.32 Å². The van der Waals surface area contributed by atoms with Gasteiger partial charge >= 0.3 is 0 Å². The van der Waals surface area contributed by atoms with Gasteiger partial charge in [0.25, 0.3) is 0 Å². The van der Waals surface area contributed by atoms with Crippen LogP contribution in [0.5, 0.6) is 0 Å². The molecule has 0 aliphatic rings. The van der Waals surface area contributed by atoms with Gasteiger partial charge in [-0.1, -0.05) is 11.3 Å². The molecule has 0 fully saturated rings. The van der Waals surface area contributed by atoms with Crippen LogP contribution in [0.25, 0.3) is 0 Å². The van der Waals surface area contributed by atoms with E-state index < -0.39 is 0 Å². The standard InChI is InChI=1S/C11H15BrN4S2/c1-3-13-11-15-14-10(18-11)6-16(2)5-8-4-9(12)17-7-8/h4,7H,3,5-6H2,1-2H3,(H,13,15). The van der Waals surface area contributed by atoms with Gasteiger partial charge in [0.1, 0.15) is 5.01 Å². The van der Waals surface area contributed by atoms with Crippen LogP contribution in [0.15, 0.2) is 15.2 Å². The predicted molar refractivity (Wildman–Crippen MR) is 81.3 cm³/mol. The third-order valence-corrected chi connectivity index (χ3v) is 4.69. The fraction of sp³-hybridized carbons (Fsp3) is 0.455. The van der Waals surface area contributed by atoms with Crippen molar-refractivity contribution < 1.29 is 0 Å². The molecule has 0 amide bonds. The second-order valence-corrected chi connectivity index (χ2v) is 7.32. The molecule has 2 aromatic heterocycles. The fourth-order valence-corrected chi connectivity index (χ4v) is 3.66. The lowest BCUT2D eigenvalue weighted by Crippen LogP contribution is -2.16. The maximum atomic E-state index is 4.18. The molecule has 2 rings (SSSR count).